The van der Waals surface area contributed by atoms with Gasteiger partial charge in [0.05, 0.1) is 6.07 Å². The summed E-state index contributed by atoms with van der Waals surface area (Å²) in [6, 6.07) is 8.59. The molecule has 0 saturated heterocycles. The van der Waals surface area contributed by atoms with E-state index in [1.165, 1.54) is 29.5 Å². The second-order valence-corrected chi connectivity index (χ2v) is 6.37. The van der Waals surface area contributed by atoms with Gasteiger partial charge < -0.3 is 5.32 Å². The van der Waals surface area contributed by atoms with Crippen molar-refractivity contribution in [3.05, 3.63) is 34.9 Å². The first-order chi connectivity index (χ1) is 9.98. The Balaban J connectivity index is 2.21. The zero-order valence-corrected chi connectivity index (χ0v) is 13.2. The maximum absolute atomic E-state index is 11.9. The van der Waals surface area contributed by atoms with Crippen molar-refractivity contribution < 1.29 is 4.79 Å². The Bertz CT molecular complexity index is 565. The van der Waals surface area contributed by atoms with Crippen molar-refractivity contribution in [2.24, 2.45) is 5.92 Å². The topological polar surface area (TPSA) is 52.9 Å². The highest BCUT2D eigenvalue weighted by atomic mass is 16.1. The number of carbonyl (C=O) groups is 1. The number of nitriles is 1. The Morgan fingerprint density at radius 3 is 2.62 bits per heavy atom. The van der Waals surface area contributed by atoms with Crippen molar-refractivity contribution in [3.63, 3.8) is 0 Å². The number of benzene rings is 1. The van der Waals surface area contributed by atoms with Gasteiger partial charge in [0.2, 0.25) is 5.91 Å². The van der Waals surface area contributed by atoms with E-state index in [9.17, 15) is 4.79 Å². The summed E-state index contributed by atoms with van der Waals surface area (Å²) in [5.41, 5.74) is 3.98. The first-order valence-electron chi connectivity index (χ1n) is 7.73. The minimum atomic E-state index is -0.581. The van der Waals surface area contributed by atoms with E-state index >= 15 is 0 Å². The van der Waals surface area contributed by atoms with Gasteiger partial charge in [-0.25, -0.2) is 0 Å². The van der Waals surface area contributed by atoms with Crippen LogP contribution in [0, 0.1) is 31.1 Å². The molecule has 1 aliphatic carbocycles. The van der Waals surface area contributed by atoms with Crippen LogP contribution in [-0.4, -0.2) is 12.5 Å². The van der Waals surface area contributed by atoms with Crippen molar-refractivity contribution in [1.82, 2.24) is 5.32 Å². The third-order valence-electron chi connectivity index (χ3n) is 4.70. The summed E-state index contributed by atoms with van der Waals surface area (Å²) in [5.74, 6) is -0.740. The molecule has 0 aromatic heterocycles. The molecule has 1 aromatic carbocycles. The summed E-state index contributed by atoms with van der Waals surface area (Å²) in [7, 11) is 0. The first kappa shape index (κ1) is 15.6. The Kier molecular flexibility index (Phi) is 4.67. The van der Waals surface area contributed by atoms with Crippen LogP contribution in [0.4, 0.5) is 0 Å². The van der Waals surface area contributed by atoms with Crippen LogP contribution in [0.3, 0.4) is 0 Å². The van der Waals surface area contributed by atoms with Gasteiger partial charge in [-0.3, -0.25) is 4.79 Å². The Morgan fingerprint density at radius 1 is 1.38 bits per heavy atom. The number of nitrogens with one attached hydrogen (secondary N) is 1. The van der Waals surface area contributed by atoms with Gasteiger partial charge in [-0.05, 0) is 44.7 Å². The maximum Gasteiger partial charge on any atom is 0.237 e. The van der Waals surface area contributed by atoms with Gasteiger partial charge in [0.25, 0.3) is 0 Å². The molecule has 0 heterocycles. The van der Waals surface area contributed by atoms with Crippen LogP contribution in [0.15, 0.2) is 18.2 Å². The van der Waals surface area contributed by atoms with Crippen LogP contribution >= 0.6 is 0 Å². The largest absolute Gasteiger partial charge is 0.354 e. The number of aryl methyl sites for hydroxylation is 2. The van der Waals surface area contributed by atoms with Gasteiger partial charge in [-0.1, -0.05) is 36.6 Å². The zero-order chi connectivity index (χ0) is 15.5. The molecule has 3 nitrogen and oxygen atoms in total. The highest BCUT2D eigenvalue weighted by Gasteiger charge is 2.37. The molecular weight excluding hydrogens is 260 g/mol. The van der Waals surface area contributed by atoms with Gasteiger partial charge in [0, 0.05) is 12.0 Å². The third-order valence-corrected chi connectivity index (χ3v) is 4.70. The van der Waals surface area contributed by atoms with Gasteiger partial charge in [0.15, 0.2) is 0 Å². The summed E-state index contributed by atoms with van der Waals surface area (Å²) < 4.78 is 0. The van der Waals surface area contributed by atoms with E-state index in [0.29, 0.717) is 6.54 Å². The Morgan fingerprint density at radius 2 is 2.05 bits per heavy atom. The minimum Gasteiger partial charge on any atom is -0.354 e. The molecule has 1 N–H and O–H groups in total. The first-order valence-corrected chi connectivity index (χ1v) is 7.73. The van der Waals surface area contributed by atoms with Gasteiger partial charge >= 0.3 is 0 Å². The van der Waals surface area contributed by atoms with E-state index in [1.54, 1.807) is 6.92 Å². The highest BCUT2D eigenvalue weighted by molar-refractivity contribution is 5.80. The normalized spacial score (nSPS) is 18.0. The fourth-order valence-corrected chi connectivity index (χ4v) is 3.47. The molecule has 1 atom stereocenters. The number of nitrogens with zero attached hydrogens (tertiary/aromatic N) is 1. The molecule has 0 bridgehead atoms. The summed E-state index contributed by atoms with van der Waals surface area (Å²) in [4.78, 5) is 11.9. The Hall–Kier alpha value is -1.82. The number of carbonyl (C=O) groups excluding carboxylic acids is 1. The molecule has 0 spiro atoms. The standard InChI is InChI=1S/C18H24N2O/c1-13-6-7-16(14(2)10-13)18(8-4-5-9-18)12-20-17(21)15(3)11-19/h6-7,10,15H,4-5,8-9,12H2,1-3H3,(H,20,21). The van der Waals surface area contributed by atoms with Crippen LogP contribution in [0.2, 0.25) is 0 Å². The van der Waals surface area contributed by atoms with Crippen molar-refractivity contribution >= 4 is 5.91 Å². The van der Waals surface area contributed by atoms with E-state index in [0.717, 1.165) is 12.8 Å². The molecule has 0 radical (unpaired) electrons. The van der Waals surface area contributed by atoms with Crippen molar-refractivity contribution in [2.45, 2.75) is 51.9 Å². The molecule has 1 fully saturated rings. The predicted molar refractivity (Wildman–Crippen MR) is 83.8 cm³/mol. The molecule has 1 saturated carbocycles. The molecule has 1 unspecified atom stereocenters. The molecule has 3 heteroatoms. The lowest BCUT2D eigenvalue weighted by atomic mass is 9.76. The molecule has 1 amide bonds. The van der Waals surface area contributed by atoms with Gasteiger partial charge in [0.1, 0.15) is 5.92 Å². The summed E-state index contributed by atoms with van der Waals surface area (Å²) in [6.45, 7) is 6.55. The lowest BCUT2D eigenvalue weighted by Gasteiger charge is -2.32. The summed E-state index contributed by atoms with van der Waals surface area (Å²) in [6.07, 6.45) is 4.63. The molecule has 0 aliphatic heterocycles. The average molecular weight is 284 g/mol. The minimum absolute atomic E-state index is 0.0443. The monoisotopic (exact) mass is 284 g/mol. The molecule has 2 rings (SSSR count). The average Bonchev–Trinajstić information content (AvgIpc) is 2.93. The van der Waals surface area contributed by atoms with Gasteiger partial charge in [-0.15, -0.1) is 0 Å². The van der Waals surface area contributed by atoms with Gasteiger partial charge in [-0.2, -0.15) is 5.26 Å². The fraction of sp³-hybridized carbons (Fsp3) is 0.556. The van der Waals surface area contributed by atoms with Crippen LogP contribution < -0.4 is 5.32 Å². The molecule has 21 heavy (non-hydrogen) atoms. The molecule has 112 valence electrons. The SMILES string of the molecule is Cc1ccc(C2(CNC(=O)C(C)C#N)CCCC2)c(C)c1. The van der Waals surface area contributed by atoms with E-state index in [1.807, 2.05) is 6.07 Å². The molecule has 1 aliphatic rings. The van der Waals surface area contributed by atoms with E-state index in [2.05, 4.69) is 37.4 Å². The summed E-state index contributed by atoms with van der Waals surface area (Å²) in [5, 5.41) is 11.8. The van der Waals surface area contributed by atoms with Crippen LogP contribution in [0.1, 0.15) is 49.3 Å². The molecular formula is C18H24N2O. The number of rotatable bonds is 4. The van der Waals surface area contributed by atoms with Crippen LogP contribution in [-0.2, 0) is 10.2 Å². The van der Waals surface area contributed by atoms with E-state index in [4.69, 9.17) is 5.26 Å². The number of hydrogen-bond donors (Lipinski definition) is 1. The lowest BCUT2D eigenvalue weighted by Crippen LogP contribution is -2.41. The maximum atomic E-state index is 11.9. The zero-order valence-electron chi connectivity index (χ0n) is 13.2. The smallest absolute Gasteiger partial charge is 0.237 e. The lowest BCUT2D eigenvalue weighted by molar-refractivity contribution is -0.123. The number of amides is 1. The highest BCUT2D eigenvalue weighted by Crippen LogP contribution is 2.42. The predicted octanol–water partition coefficient (Wildman–Crippen LogP) is 3.39. The van der Waals surface area contributed by atoms with Crippen LogP contribution in [0.25, 0.3) is 0 Å². The summed E-state index contributed by atoms with van der Waals surface area (Å²) >= 11 is 0. The van der Waals surface area contributed by atoms with Crippen molar-refractivity contribution in [2.75, 3.05) is 6.54 Å². The van der Waals surface area contributed by atoms with Crippen molar-refractivity contribution in [3.8, 4) is 6.07 Å². The number of hydrogen-bond acceptors (Lipinski definition) is 2. The van der Waals surface area contributed by atoms with E-state index in [-0.39, 0.29) is 11.3 Å². The van der Waals surface area contributed by atoms with E-state index < -0.39 is 5.92 Å². The quantitative estimate of drug-likeness (QED) is 0.921. The van der Waals surface area contributed by atoms with Crippen molar-refractivity contribution in [1.29, 1.82) is 5.26 Å². The molecule has 1 aromatic rings. The third kappa shape index (κ3) is 3.26. The Labute approximate surface area is 127 Å². The second-order valence-electron chi connectivity index (χ2n) is 6.37. The second kappa shape index (κ2) is 6.30. The fourth-order valence-electron chi connectivity index (χ4n) is 3.47. The van der Waals surface area contributed by atoms with Crippen LogP contribution in [0.5, 0.6) is 0 Å².